The summed E-state index contributed by atoms with van der Waals surface area (Å²) >= 11 is 0. The van der Waals surface area contributed by atoms with E-state index in [-0.39, 0.29) is 28.9 Å². The lowest BCUT2D eigenvalue weighted by Crippen LogP contribution is -2.46. The van der Waals surface area contributed by atoms with Crippen molar-refractivity contribution in [2.45, 2.75) is 31.7 Å². The number of likely N-dealkylation sites (N-methyl/N-ethyl adjacent to an activating group) is 1. The third-order valence-electron chi connectivity index (χ3n) is 7.08. The molecule has 2 saturated heterocycles. The lowest BCUT2D eigenvalue weighted by atomic mass is 10.1. The van der Waals surface area contributed by atoms with Crippen LogP contribution in [-0.4, -0.2) is 59.9 Å². The minimum Gasteiger partial charge on any atom is -0.371 e. The second kappa shape index (κ2) is 10.1. The van der Waals surface area contributed by atoms with Gasteiger partial charge in [0.15, 0.2) is 11.5 Å². The fraction of sp³-hybridized carbons (Fsp3) is 0.370. The highest BCUT2D eigenvalue weighted by Crippen LogP contribution is 2.30. The number of benzene rings is 2. The molecule has 1 amide bonds. The summed E-state index contributed by atoms with van der Waals surface area (Å²) in [6, 6.07) is 12.5. The van der Waals surface area contributed by atoms with Gasteiger partial charge in [0, 0.05) is 44.0 Å². The van der Waals surface area contributed by atoms with E-state index >= 15 is 4.39 Å². The maximum atomic E-state index is 15.4. The summed E-state index contributed by atoms with van der Waals surface area (Å²) in [5, 5.41) is 16.9. The number of carbonyl (C=O) groups is 1. The molecular weight excluding hydrogens is 462 g/mol. The van der Waals surface area contributed by atoms with Gasteiger partial charge in [-0.05, 0) is 68.6 Å². The van der Waals surface area contributed by atoms with Crippen LogP contribution >= 0.6 is 0 Å². The normalized spacial score (nSPS) is 17.7. The van der Waals surface area contributed by atoms with Crippen molar-refractivity contribution in [2.75, 3.05) is 38.1 Å². The molecule has 0 saturated carbocycles. The van der Waals surface area contributed by atoms with Gasteiger partial charge in [-0.15, -0.1) is 0 Å². The number of amides is 1. The van der Waals surface area contributed by atoms with Gasteiger partial charge in [-0.25, -0.2) is 13.5 Å². The third kappa shape index (κ3) is 4.56. The zero-order valence-electron chi connectivity index (χ0n) is 20.2. The minimum atomic E-state index is -0.689. The molecule has 186 valence electrons. The van der Waals surface area contributed by atoms with Gasteiger partial charge in [0.05, 0.1) is 11.3 Å². The van der Waals surface area contributed by atoms with E-state index in [2.05, 4.69) is 15.3 Å². The number of nitriles is 1. The molecule has 0 aliphatic carbocycles. The van der Waals surface area contributed by atoms with Crippen LogP contribution in [0.1, 0.15) is 41.7 Å². The molecule has 0 radical (unpaired) electrons. The summed E-state index contributed by atoms with van der Waals surface area (Å²) in [6.07, 6.45) is 4.01. The van der Waals surface area contributed by atoms with Crippen LogP contribution in [-0.2, 0) is 0 Å². The standard InChI is InChI=1S/C27H28F2N6O/c1-33(21-5-4-10-31-17-21)27(36)24-15-26(18-6-7-19(16-30)22(28)13-18)35(32-24)25-9-8-20(14-23(25)29)34-11-2-3-12-34/h6-9,13-15,21,31H,2-5,10-12,17H2,1H3/t21-/m0/s1. The van der Waals surface area contributed by atoms with E-state index in [0.717, 1.165) is 51.0 Å². The number of carbonyl (C=O) groups excluding carboxylic acids is 1. The van der Waals surface area contributed by atoms with Crippen LogP contribution in [0.25, 0.3) is 16.9 Å². The Morgan fingerprint density at radius 3 is 2.58 bits per heavy atom. The number of hydrogen-bond donors (Lipinski definition) is 1. The molecule has 1 atom stereocenters. The first-order valence-corrected chi connectivity index (χ1v) is 12.3. The largest absolute Gasteiger partial charge is 0.371 e. The molecule has 5 rings (SSSR count). The Labute approximate surface area is 208 Å². The van der Waals surface area contributed by atoms with Crippen molar-refractivity contribution in [2.24, 2.45) is 0 Å². The number of nitrogens with one attached hydrogen (secondary N) is 1. The Morgan fingerprint density at radius 2 is 1.92 bits per heavy atom. The quantitative estimate of drug-likeness (QED) is 0.583. The van der Waals surface area contributed by atoms with E-state index in [0.29, 0.717) is 17.8 Å². The molecule has 1 aromatic heterocycles. The molecule has 2 aliphatic rings. The van der Waals surface area contributed by atoms with Crippen molar-refractivity contribution in [3.05, 3.63) is 65.4 Å². The van der Waals surface area contributed by atoms with Crippen LogP contribution in [0.2, 0.25) is 0 Å². The van der Waals surface area contributed by atoms with Crippen molar-refractivity contribution in [3.8, 4) is 23.0 Å². The maximum Gasteiger partial charge on any atom is 0.274 e. The fourth-order valence-electron chi connectivity index (χ4n) is 4.99. The predicted octanol–water partition coefficient (Wildman–Crippen LogP) is 4.11. The van der Waals surface area contributed by atoms with Gasteiger partial charge in [-0.2, -0.15) is 10.4 Å². The Hall–Kier alpha value is -3.77. The summed E-state index contributed by atoms with van der Waals surface area (Å²) in [5.74, 6) is -1.46. The van der Waals surface area contributed by atoms with Crippen LogP contribution in [0, 0.1) is 23.0 Å². The molecule has 2 fully saturated rings. The highest BCUT2D eigenvalue weighted by molar-refractivity contribution is 5.93. The van der Waals surface area contributed by atoms with Crippen LogP contribution in [0.4, 0.5) is 14.5 Å². The predicted molar refractivity (Wildman–Crippen MR) is 133 cm³/mol. The second-order valence-corrected chi connectivity index (χ2v) is 9.38. The summed E-state index contributed by atoms with van der Waals surface area (Å²) < 4.78 is 31.3. The van der Waals surface area contributed by atoms with Gasteiger partial charge in [-0.1, -0.05) is 6.07 Å². The minimum absolute atomic E-state index is 0.0312. The Bertz CT molecular complexity index is 1320. The van der Waals surface area contributed by atoms with Gasteiger partial charge in [0.1, 0.15) is 17.6 Å². The van der Waals surface area contributed by atoms with Gasteiger partial charge < -0.3 is 15.1 Å². The summed E-state index contributed by atoms with van der Waals surface area (Å²) in [5.41, 5.74) is 1.77. The smallest absolute Gasteiger partial charge is 0.274 e. The Morgan fingerprint density at radius 1 is 1.11 bits per heavy atom. The molecule has 9 heteroatoms. The average molecular weight is 491 g/mol. The summed E-state index contributed by atoms with van der Waals surface area (Å²) in [4.78, 5) is 17.2. The van der Waals surface area contributed by atoms with Crippen LogP contribution < -0.4 is 10.2 Å². The zero-order valence-corrected chi connectivity index (χ0v) is 20.2. The first kappa shape index (κ1) is 23.9. The fourth-order valence-corrected chi connectivity index (χ4v) is 4.99. The number of anilines is 1. The molecule has 7 nitrogen and oxygen atoms in total. The lowest BCUT2D eigenvalue weighted by molar-refractivity contribution is 0.0702. The highest BCUT2D eigenvalue weighted by atomic mass is 19.1. The molecule has 0 unspecified atom stereocenters. The van der Waals surface area contributed by atoms with Crippen LogP contribution in [0.15, 0.2) is 42.5 Å². The van der Waals surface area contributed by atoms with Crippen molar-refractivity contribution in [3.63, 3.8) is 0 Å². The Balaban J connectivity index is 1.56. The highest BCUT2D eigenvalue weighted by Gasteiger charge is 2.27. The first-order chi connectivity index (χ1) is 17.5. The van der Waals surface area contributed by atoms with E-state index in [1.165, 1.54) is 22.9 Å². The summed E-state index contributed by atoms with van der Waals surface area (Å²) in [7, 11) is 1.74. The van der Waals surface area contributed by atoms with E-state index in [4.69, 9.17) is 5.26 Å². The zero-order chi connectivity index (χ0) is 25.2. The van der Waals surface area contributed by atoms with E-state index in [1.54, 1.807) is 30.1 Å². The van der Waals surface area contributed by atoms with Crippen molar-refractivity contribution >= 4 is 11.6 Å². The topological polar surface area (TPSA) is 77.2 Å². The molecule has 36 heavy (non-hydrogen) atoms. The summed E-state index contributed by atoms with van der Waals surface area (Å²) in [6.45, 7) is 3.39. The van der Waals surface area contributed by atoms with Crippen molar-refractivity contribution < 1.29 is 13.6 Å². The molecule has 1 N–H and O–H groups in total. The number of piperidine rings is 1. The third-order valence-corrected chi connectivity index (χ3v) is 7.08. The maximum absolute atomic E-state index is 15.4. The van der Waals surface area contributed by atoms with E-state index < -0.39 is 11.6 Å². The first-order valence-electron chi connectivity index (χ1n) is 12.3. The molecule has 3 heterocycles. The molecule has 3 aromatic rings. The van der Waals surface area contributed by atoms with Gasteiger partial charge in [0.25, 0.3) is 5.91 Å². The molecule has 0 spiro atoms. The monoisotopic (exact) mass is 490 g/mol. The van der Waals surface area contributed by atoms with Crippen molar-refractivity contribution in [1.82, 2.24) is 20.0 Å². The van der Waals surface area contributed by atoms with E-state index in [1.807, 2.05) is 12.1 Å². The molecule has 0 bridgehead atoms. The second-order valence-electron chi connectivity index (χ2n) is 9.38. The molecule has 2 aliphatic heterocycles. The van der Waals surface area contributed by atoms with Crippen LogP contribution in [0.5, 0.6) is 0 Å². The number of rotatable bonds is 5. The van der Waals surface area contributed by atoms with Gasteiger partial charge in [-0.3, -0.25) is 4.79 Å². The van der Waals surface area contributed by atoms with Crippen LogP contribution in [0.3, 0.4) is 0 Å². The average Bonchev–Trinajstić information content (AvgIpc) is 3.59. The van der Waals surface area contributed by atoms with E-state index in [9.17, 15) is 9.18 Å². The number of halogens is 2. The number of aromatic nitrogens is 2. The number of hydrogen-bond acceptors (Lipinski definition) is 5. The Kier molecular flexibility index (Phi) is 6.70. The van der Waals surface area contributed by atoms with Crippen molar-refractivity contribution in [1.29, 1.82) is 5.26 Å². The lowest BCUT2D eigenvalue weighted by Gasteiger charge is -2.31. The number of nitrogens with zero attached hydrogens (tertiary/aromatic N) is 5. The van der Waals surface area contributed by atoms with Gasteiger partial charge in [0.2, 0.25) is 0 Å². The SMILES string of the molecule is CN(C(=O)c1cc(-c2ccc(C#N)c(F)c2)n(-c2ccc(N3CCCC3)cc2F)n1)[C@H]1CCCNC1. The molecular formula is C27H28F2N6O. The molecule has 2 aromatic carbocycles. The van der Waals surface area contributed by atoms with Gasteiger partial charge >= 0.3 is 0 Å².